The number of nitrogens with zero attached hydrogens (tertiary/aromatic N) is 6. The fraction of sp³-hybridized carbons (Fsp3) is 0.280. The van der Waals surface area contributed by atoms with E-state index in [4.69, 9.17) is 9.51 Å². The molecule has 0 aliphatic heterocycles. The second-order valence-corrected chi connectivity index (χ2v) is 9.27. The standard InChI is InChI=1S/C25H20F2N6O/c1-4-19-30-23(33-34-19)22-28-11-9-18(29-22)25-10-8-14(24(25,2)3)13-12-17(31-32-21(13)25)20-15(26)6-5-7-16(20)27/h4-7,9,11-12,14H,1,8,10H2,2-3H3/t14-,25-/m0/s1. The first-order valence-corrected chi connectivity index (χ1v) is 11.0. The number of hydrogen-bond acceptors (Lipinski definition) is 7. The van der Waals surface area contributed by atoms with Gasteiger partial charge < -0.3 is 4.52 Å². The van der Waals surface area contributed by atoms with E-state index in [2.05, 4.69) is 45.7 Å². The fourth-order valence-electron chi connectivity index (χ4n) is 5.87. The van der Waals surface area contributed by atoms with Crippen LogP contribution in [0.5, 0.6) is 0 Å². The monoisotopic (exact) mass is 458 g/mol. The van der Waals surface area contributed by atoms with Gasteiger partial charge in [0.25, 0.3) is 0 Å². The zero-order chi connectivity index (χ0) is 23.7. The molecule has 0 N–H and O–H groups in total. The summed E-state index contributed by atoms with van der Waals surface area (Å²) in [5.74, 6) is -0.280. The van der Waals surface area contributed by atoms with Gasteiger partial charge in [-0.05, 0) is 60.1 Å². The highest BCUT2D eigenvalue weighted by Gasteiger charge is 2.65. The highest BCUT2D eigenvalue weighted by atomic mass is 19.1. The lowest BCUT2D eigenvalue weighted by Gasteiger charge is -2.37. The molecular formula is C25H20F2N6O. The summed E-state index contributed by atoms with van der Waals surface area (Å²) in [6, 6.07) is 7.45. The van der Waals surface area contributed by atoms with E-state index >= 15 is 0 Å². The summed E-state index contributed by atoms with van der Waals surface area (Å²) in [6.07, 6.45) is 4.85. The van der Waals surface area contributed by atoms with Crippen molar-refractivity contribution in [2.45, 2.75) is 38.0 Å². The highest BCUT2D eigenvalue weighted by molar-refractivity contribution is 5.64. The van der Waals surface area contributed by atoms with E-state index in [1.54, 1.807) is 12.3 Å². The SMILES string of the molecule is C=Cc1nc(-c2nccc([C@@]34CC[C@@H](c5cc(-c6c(F)cccc6F)nnc53)C4(C)C)n2)no1. The smallest absolute Gasteiger partial charge is 0.250 e. The zero-order valence-electron chi connectivity index (χ0n) is 18.6. The Bertz CT molecular complexity index is 1450. The Morgan fingerprint density at radius 3 is 2.62 bits per heavy atom. The van der Waals surface area contributed by atoms with Gasteiger partial charge in [-0.25, -0.2) is 18.7 Å². The quantitative estimate of drug-likeness (QED) is 0.420. The minimum Gasteiger partial charge on any atom is -0.334 e. The molecule has 7 nitrogen and oxygen atoms in total. The molecule has 170 valence electrons. The van der Waals surface area contributed by atoms with Crippen LogP contribution in [0, 0.1) is 17.0 Å². The molecule has 9 heteroatoms. The molecule has 4 aromatic rings. The third-order valence-electron chi connectivity index (χ3n) is 7.51. The first-order valence-electron chi connectivity index (χ1n) is 11.0. The van der Waals surface area contributed by atoms with E-state index in [1.165, 1.54) is 24.3 Å². The second kappa shape index (κ2) is 7.06. The molecule has 1 fully saturated rings. The summed E-state index contributed by atoms with van der Waals surface area (Å²) >= 11 is 0. The molecule has 2 aliphatic carbocycles. The lowest BCUT2D eigenvalue weighted by atomic mass is 9.66. The summed E-state index contributed by atoms with van der Waals surface area (Å²) in [5.41, 5.74) is 1.77. The molecule has 6 rings (SSSR count). The first kappa shape index (κ1) is 20.7. The molecule has 3 aromatic heterocycles. The Morgan fingerprint density at radius 2 is 1.88 bits per heavy atom. The molecule has 2 bridgehead atoms. The average Bonchev–Trinajstić information content (AvgIpc) is 3.47. The third-order valence-corrected chi connectivity index (χ3v) is 7.51. The van der Waals surface area contributed by atoms with Crippen LogP contribution in [0.1, 0.15) is 55.4 Å². The molecule has 1 saturated carbocycles. The van der Waals surface area contributed by atoms with Crippen LogP contribution in [0.2, 0.25) is 0 Å². The molecule has 2 aliphatic rings. The molecule has 3 heterocycles. The second-order valence-electron chi connectivity index (χ2n) is 9.27. The third kappa shape index (κ3) is 2.60. The van der Waals surface area contributed by atoms with Crippen molar-refractivity contribution >= 4 is 6.08 Å². The largest absolute Gasteiger partial charge is 0.334 e. The lowest BCUT2D eigenvalue weighted by molar-refractivity contribution is 0.242. The van der Waals surface area contributed by atoms with Crippen molar-refractivity contribution in [2.75, 3.05) is 0 Å². The molecule has 0 radical (unpaired) electrons. The Balaban J connectivity index is 1.51. The molecule has 0 unspecified atom stereocenters. The number of benzene rings is 1. The molecule has 1 aromatic carbocycles. The van der Waals surface area contributed by atoms with E-state index in [-0.39, 0.29) is 34.3 Å². The summed E-state index contributed by atoms with van der Waals surface area (Å²) in [7, 11) is 0. The molecule has 0 saturated heterocycles. The van der Waals surface area contributed by atoms with E-state index in [0.717, 1.165) is 29.8 Å². The van der Waals surface area contributed by atoms with Gasteiger partial charge in [0, 0.05) is 6.20 Å². The van der Waals surface area contributed by atoms with Crippen LogP contribution in [0.25, 0.3) is 29.0 Å². The topological polar surface area (TPSA) is 90.5 Å². The summed E-state index contributed by atoms with van der Waals surface area (Å²) in [5, 5.41) is 12.8. The van der Waals surface area contributed by atoms with Gasteiger partial charge >= 0.3 is 0 Å². The lowest BCUT2D eigenvalue weighted by Crippen LogP contribution is -2.38. The number of rotatable bonds is 4. The Labute approximate surface area is 194 Å². The summed E-state index contributed by atoms with van der Waals surface area (Å²) in [6.45, 7) is 8.00. The first-order chi connectivity index (χ1) is 16.4. The van der Waals surface area contributed by atoms with Crippen molar-refractivity contribution in [3.63, 3.8) is 0 Å². The van der Waals surface area contributed by atoms with Gasteiger partial charge in [-0.3, -0.25) is 0 Å². The van der Waals surface area contributed by atoms with Gasteiger partial charge in [-0.15, -0.1) is 5.10 Å². The van der Waals surface area contributed by atoms with Crippen LogP contribution in [0.4, 0.5) is 8.78 Å². The van der Waals surface area contributed by atoms with Gasteiger partial charge in [0.05, 0.1) is 28.1 Å². The Hall–Kier alpha value is -3.88. The molecule has 34 heavy (non-hydrogen) atoms. The number of fused-ring (bicyclic) bond motifs is 5. The Kier molecular flexibility index (Phi) is 4.30. The van der Waals surface area contributed by atoms with Crippen LogP contribution >= 0.6 is 0 Å². The van der Waals surface area contributed by atoms with Crippen molar-refractivity contribution in [3.05, 3.63) is 77.6 Å². The van der Waals surface area contributed by atoms with Crippen LogP contribution < -0.4 is 0 Å². The minimum atomic E-state index is -0.661. The van der Waals surface area contributed by atoms with Crippen molar-refractivity contribution in [1.82, 2.24) is 30.3 Å². The predicted octanol–water partition coefficient (Wildman–Crippen LogP) is 5.11. The average molecular weight is 458 g/mol. The van der Waals surface area contributed by atoms with Gasteiger partial charge in [-0.1, -0.05) is 31.6 Å². The summed E-state index contributed by atoms with van der Waals surface area (Å²) in [4.78, 5) is 13.4. The molecule has 2 atom stereocenters. The van der Waals surface area contributed by atoms with Gasteiger partial charge in [0.1, 0.15) is 11.6 Å². The normalized spacial score (nSPS) is 22.1. The van der Waals surface area contributed by atoms with Crippen molar-refractivity contribution < 1.29 is 13.3 Å². The number of hydrogen-bond donors (Lipinski definition) is 0. The highest BCUT2D eigenvalue weighted by Crippen LogP contribution is 2.69. The van der Waals surface area contributed by atoms with E-state index < -0.39 is 17.0 Å². The van der Waals surface area contributed by atoms with Crippen LogP contribution in [0.3, 0.4) is 0 Å². The van der Waals surface area contributed by atoms with Crippen LogP contribution in [-0.2, 0) is 5.41 Å². The number of aromatic nitrogens is 6. The fourth-order valence-corrected chi connectivity index (χ4v) is 5.87. The molecular weight excluding hydrogens is 438 g/mol. The van der Waals surface area contributed by atoms with E-state index in [0.29, 0.717) is 5.82 Å². The van der Waals surface area contributed by atoms with Crippen LogP contribution in [-0.4, -0.2) is 30.3 Å². The van der Waals surface area contributed by atoms with Crippen molar-refractivity contribution in [3.8, 4) is 22.9 Å². The number of halogens is 2. The van der Waals surface area contributed by atoms with Crippen molar-refractivity contribution in [2.24, 2.45) is 5.41 Å². The summed E-state index contributed by atoms with van der Waals surface area (Å²) < 4.78 is 34.0. The molecule has 0 spiro atoms. The van der Waals surface area contributed by atoms with E-state index in [9.17, 15) is 8.78 Å². The molecule has 0 amide bonds. The maximum Gasteiger partial charge on any atom is 0.250 e. The maximum atomic E-state index is 14.5. The minimum absolute atomic E-state index is 0.141. The van der Waals surface area contributed by atoms with Crippen molar-refractivity contribution in [1.29, 1.82) is 0 Å². The zero-order valence-corrected chi connectivity index (χ0v) is 18.6. The van der Waals surface area contributed by atoms with Gasteiger partial charge in [0.15, 0.2) is 0 Å². The maximum absolute atomic E-state index is 14.5. The van der Waals surface area contributed by atoms with E-state index in [1.807, 2.05) is 6.07 Å². The Morgan fingerprint density at radius 1 is 1.09 bits per heavy atom. The van der Waals surface area contributed by atoms with Gasteiger partial charge in [0.2, 0.25) is 17.5 Å². The van der Waals surface area contributed by atoms with Gasteiger partial charge in [-0.2, -0.15) is 10.1 Å². The van der Waals surface area contributed by atoms with Crippen LogP contribution in [0.15, 0.2) is 47.6 Å². The predicted molar refractivity (Wildman–Crippen MR) is 119 cm³/mol.